The van der Waals surface area contributed by atoms with E-state index in [1.54, 1.807) is 12.1 Å². The van der Waals surface area contributed by atoms with Crippen LogP contribution in [0, 0.1) is 16.3 Å². The first-order valence-electron chi connectivity index (χ1n) is 4.68. The van der Waals surface area contributed by atoms with Gasteiger partial charge >= 0.3 is 0 Å². The Balaban J connectivity index is 2.54. The molecule has 0 N–H and O–H groups in total. The van der Waals surface area contributed by atoms with E-state index in [2.05, 4.69) is 40.8 Å². The van der Waals surface area contributed by atoms with Crippen molar-refractivity contribution in [3.8, 4) is 11.1 Å². The average Bonchev–Trinajstić information content (AvgIpc) is 2.16. The van der Waals surface area contributed by atoms with Crippen LogP contribution in [0.1, 0.15) is 5.56 Å². The summed E-state index contributed by atoms with van der Waals surface area (Å²) in [6.45, 7) is 2.05. The molecule has 0 spiro atoms. The molecule has 2 aromatic rings. The van der Waals surface area contributed by atoms with Crippen molar-refractivity contribution in [1.29, 1.82) is 0 Å². The third kappa shape index (κ3) is 2.56. The van der Waals surface area contributed by atoms with Gasteiger partial charge in [-0.25, -0.2) is 4.39 Å². The van der Waals surface area contributed by atoms with Gasteiger partial charge in [0.05, 0.1) is 0 Å². The fourth-order valence-electron chi connectivity index (χ4n) is 1.57. The highest BCUT2D eigenvalue weighted by Gasteiger charge is 2.01. The molecule has 0 aliphatic heterocycles. The Morgan fingerprint density at radius 3 is 2.47 bits per heavy atom. The Hall–Kier alpha value is -0.900. The second-order valence-corrected chi connectivity index (χ2v) is 4.77. The molecule has 0 radical (unpaired) electrons. The SMILES string of the molecule is Cc1cc(I)cc(-c2cccc(F)c2)c1. The third-order valence-electron chi connectivity index (χ3n) is 2.20. The van der Waals surface area contributed by atoms with E-state index in [1.165, 1.54) is 15.2 Å². The van der Waals surface area contributed by atoms with Gasteiger partial charge in [0.15, 0.2) is 0 Å². The minimum Gasteiger partial charge on any atom is -0.207 e. The Morgan fingerprint density at radius 1 is 1.00 bits per heavy atom. The summed E-state index contributed by atoms with van der Waals surface area (Å²) in [6.07, 6.45) is 0. The highest BCUT2D eigenvalue weighted by molar-refractivity contribution is 14.1. The van der Waals surface area contributed by atoms with Gasteiger partial charge < -0.3 is 0 Å². The Bertz CT molecular complexity index is 471. The molecule has 0 bridgehead atoms. The highest BCUT2D eigenvalue weighted by atomic mass is 127. The van der Waals surface area contributed by atoms with Gasteiger partial charge in [0, 0.05) is 3.57 Å². The van der Waals surface area contributed by atoms with Crippen molar-refractivity contribution in [3.05, 3.63) is 57.4 Å². The lowest BCUT2D eigenvalue weighted by molar-refractivity contribution is 0.628. The molecule has 0 unspecified atom stereocenters. The van der Waals surface area contributed by atoms with Crippen molar-refractivity contribution in [2.75, 3.05) is 0 Å². The summed E-state index contributed by atoms with van der Waals surface area (Å²) in [5, 5.41) is 0. The molecule has 0 aliphatic carbocycles. The molecule has 15 heavy (non-hydrogen) atoms. The second-order valence-electron chi connectivity index (χ2n) is 3.53. The summed E-state index contributed by atoms with van der Waals surface area (Å²) < 4.78 is 14.2. The fourth-order valence-corrected chi connectivity index (χ4v) is 2.40. The first kappa shape index (κ1) is 10.6. The van der Waals surface area contributed by atoms with Crippen molar-refractivity contribution in [2.45, 2.75) is 6.92 Å². The standard InChI is InChI=1S/C13H10FI/c1-9-5-11(8-13(15)6-9)10-3-2-4-12(14)7-10/h2-8H,1H3. The van der Waals surface area contributed by atoms with E-state index in [0.29, 0.717) is 0 Å². The summed E-state index contributed by atoms with van der Waals surface area (Å²) in [5.41, 5.74) is 3.19. The van der Waals surface area contributed by atoms with Crippen molar-refractivity contribution in [3.63, 3.8) is 0 Å². The maximum atomic E-state index is 13.1. The average molecular weight is 312 g/mol. The predicted octanol–water partition coefficient (Wildman–Crippen LogP) is 4.41. The van der Waals surface area contributed by atoms with Crippen LogP contribution in [-0.2, 0) is 0 Å². The molecule has 0 heterocycles. The molecule has 0 nitrogen and oxygen atoms in total. The van der Waals surface area contributed by atoms with E-state index >= 15 is 0 Å². The minimum atomic E-state index is -0.191. The molecule has 0 aliphatic rings. The van der Waals surface area contributed by atoms with Gasteiger partial charge in [-0.1, -0.05) is 18.2 Å². The Labute approximate surface area is 102 Å². The van der Waals surface area contributed by atoms with Gasteiger partial charge in [-0.15, -0.1) is 0 Å². The smallest absolute Gasteiger partial charge is 0.123 e. The number of rotatable bonds is 1. The molecule has 0 saturated heterocycles. The maximum absolute atomic E-state index is 13.1. The molecule has 76 valence electrons. The Kier molecular flexibility index (Phi) is 3.05. The predicted molar refractivity (Wildman–Crippen MR) is 69.3 cm³/mol. The number of hydrogen-bond acceptors (Lipinski definition) is 0. The summed E-state index contributed by atoms with van der Waals surface area (Å²) in [7, 11) is 0. The molecule has 0 aromatic heterocycles. The molecular formula is C13H10FI. The first-order chi connectivity index (χ1) is 7.15. The van der Waals surface area contributed by atoms with Crippen LogP contribution in [0.25, 0.3) is 11.1 Å². The van der Waals surface area contributed by atoms with E-state index < -0.39 is 0 Å². The quantitative estimate of drug-likeness (QED) is 0.685. The summed E-state index contributed by atoms with van der Waals surface area (Å²) >= 11 is 2.27. The lowest BCUT2D eigenvalue weighted by Gasteiger charge is -2.04. The number of benzene rings is 2. The lowest BCUT2D eigenvalue weighted by atomic mass is 10.0. The van der Waals surface area contributed by atoms with E-state index in [4.69, 9.17) is 0 Å². The summed E-state index contributed by atoms with van der Waals surface area (Å²) in [4.78, 5) is 0. The van der Waals surface area contributed by atoms with Gasteiger partial charge in [-0.3, -0.25) is 0 Å². The van der Waals surface area contributed by atoms with Crippen molar-refractivity contribution in [1.82, 2.24) is 0 Å². The topological polar surface area (TPSA) is 0 Å². The zero-order valence-electron chi connectivity index (χ0n) is 8.30. The van der Waals surface area contributed by atoms with Crippen LogP contribution in [0.3, 0.4) is 0 Å². The molecule has 0 fully saturated rings. The number of hydrogen-bond donors (Lipinski definition) is 0. The van der Waals surface area contributed by atoms with Crippen LogP contribution >= 0.6 is 22.6 Å². The van der Waals surface area contributed by atoms with Crippen molar-refractivity contribution >= 4 is 22.6 Å². The van der Waals surface area contributed by atoms with Gasteiger partial charge in [0.1, 0.15) is 5.82 Å². The van der Waals surface area contributed by atoms with Crippen LogP contribution in [-0.4, -0.2) is 0 Å². The molecule has 2 heteroatoms. The van der Waals surface area contributed by atoms with Crippen LogP contribution < -0.4 is 0 Å². The largest absolute Gasteiger partial charge is 0.207 e. The van der Waals surface area contributed by atoms with Gasteiger partial charge in [-0.2, -0.15) is 0 Å². The third-order valence-corrected chi connectivity index (χ3v) is 2.82. The summed E-state index contributed by atoms with van der Waals surface area (Å²) in [5.74, 6) is -0.191. The molecule has 0 amide bonds. The zero-order valence-corrected chi connectivity index (χ0v) is 10.5. The Morgan fingerprint density at radius 2 is 1.80 bits per heavy atom. The van der Waals surface area contributed by atoms with Crippen molar-refractivity contribution < 1.29 is 4.39 Å². The summed E-state index contributed by atoms with van der Waals surface area (Å²) in [6, 6.07) is 12.9. The van der Waals surface area contributed by atoms with E-state index in [-0.39, 0.29) is 5.82 Å². The first-order valence-corrected chi connectivity index (χ1v) is 5.76. The fraction of sp³-hybridized carbons (Fsp3) is 0.0769. The van der Waals surface area contributed by atoms with Gasteiger partial charge in [-0.05, 0) is 70.5 Å². The molecule has 2 aromatic carbocycles. The van der Waals surface area contributed by atoms with E-state index in [9.17, 15) is 4.39 Å². The van der Waals surface area contributed by atoms with Crippen molar-refractivity contribution in [2.24, 2.45) is 0 Å². The van der Waals surface area contributed by atoms with Crippen LogP contribution in [0.15, 0.2) is 42.5 Å². The van der Waals surface area contributed by atoms with Gasteiger partial charge in [0.2, 0.25) is 0 Å². The van der Waals surface area contributed by atoms with E-state index in [1.807, 2.05) is 13.0 Å². The van der Waals surface area contributed by atoms with Crippen LogP contribution in [0.4, 0.5) is 4.39 Å². The number of aryl methyl sites for hydroxylation is 1. The monoisotopic (exact) mass is 312 g/mol. The van der Waals surface area contributed by atoms with Gasteiger partial charge in [0.25, 0.3) is 0 Å². The molecule has 0 atom stereocenters. The molecule has 2 rings (SSSR count). The zero-order chi connectivity index (χ0) is 10.8. The highest BCUT2D eigenvalue weighted by Crippen LogP contribution is 2.23. The lowest BCUT2D eigenvalue weighted by Crippen LogP contribution is -1.83. The minimum absolute atomic E-state index is 0.191. The van der Waals surface area contributed by atoms with Crippen LogP contribution in [0.5, 0.6) is 0 Å². The maximum Gasteiger partial charge on any atom is 0.123 e. The molecular weight excluding hydrogens is 302 g/mol. The number of halogens is 2. The van der Waals surface area contributed by atoms with Crippen LogP contribution in [0.2, 0.25) is 0 Å². The van der Waals surface area contributed by atoms with E-state index in [0.717, 1.165) is 11.1 Å². The second kappa shape index (κ2) is 4.31. The normalized spacial score (nSPS) is 10.3. The molecule has 0 saturated carbocycles.